The van der Waals surface area contributed by atoms with Crippen molar-refractivity contribution in [3.8, 4) is 0 Å². The molecule has 4 fully saturated rings. The van der Waals surface area contributed by atoms with E-state index in [-0.39, 0.29) is 40.3 Å². The normalized spacial score (nSPS) is 44.2. The highest BCUT2D eigenvalue weighted by Crippen LogP contribution is 2.71. The number of aliphatic hydroxyl groups is 1. The second kappa shape index (κ2) is 8.05. The van der Waals surface area contributed by atoms with Crippen molar-refractivity contribution in [2.75, 3.05) is 6.67 Å². The molecule has 5 nitrogen and oxygen atoms in total. The highest BCUT2D eigenvalue weighted by Gasteiger charge is 2.65. The Labute approximate surface area is 212 Å². The van der Waals surface area contributed by atoms with Gasteiger partial charge in [0.1, 0.15) is 24.6 Å². The maximum Gasteiger partial charge on any atom is 0.157 e. The molecule has 4 aliphatic rings. The summed E-state index contributed by atoms with van der Waals surface area (Å²) in [7, 11) is 0. The molecular weight excluding hydrogens is 460 g/mol. The van der Waals surface area contributed by atoms with Gasteiger partial charge in [0, 0.05) is 12.0 Å². The van der Waals surface area contributed by atoms with Gasteiger partial charge >= 0.3 is 0 Å². The van der Waals surface area contributed by atoms with Gasteiger partial charge in [-0.2, -0.15) is 0 Å². The molecule has 4 saturated carbocycles. The molecule has 4 aliphatic carbocycles. The van der Waals surface area contributed by atoms with E-state index in [2.05, 4.69) is 31.1 Å². The van der Waals surface area contributed by atoms with Gasteiger partial charge in [-0.1, -0.05) is 26.0 Å². The maximum atomic E-state index is 13.8. The molecule has 36 heavy (non-hydrogen) atoms. The number of ketones is 1. The minimum atomic E-state index is -1.16. The van der Waals surface area contributed by atoms with Gasteiger partial charge in [0.15, 0.2) is 5.78 Å². The minimum Gasteiger partial charge on any atom is -0.387 e. The van der Waals surface area contributed by atoms with E-state index in [9.17, 15) is 18.7 Å². The zero-order chi connectivity index (χ0) is 25.5. The molecule has 1 N–H and O–H groups in total. The van der Waals surface area contributed by atoms with Gasteiger partial charge < -0.3 is 5.11 Å². The van der Waals surface area contributed by atoms with Crippen LogP contribution >= 0.6 is 0 Å². The number of benzene rings is 1. The summed E-state index contributed by atoms with van der Waals surface area (Å²) in [6, 6.07) is 4.37. The summed E-state index contributed by atoms with van der Waals surface area (Å²) in [6.07, 6.45) is 8.22. The number of hydrogen-bond donors (Lipinski definition) is 1. The Morgan fingerprint density at radius 2 is 1.89 bits per heavy atom. The van der Waals surface area contributed by atoms with Gasteiger partial charge in [0.25, 0.3) is 0 Å². The van der Waals surface area contributed by atoms with Crippen LogP contribution in [0.5, 0.6) is 0 Å². The van der Waals surface area contributed by atoms with Crippen LogP contribution in [0.2, 0.25) is 0 Å². The second-order valence-electron chi connectivity index (χ2n) is 13.4. The first-order chi connectivity index (χ1) is 17.0. The number of carbonyl (C=O) groups is 1. The van der Waals surface area contributed by atoms with E-state index in [1.807, 2.05) is 0 Å². The van der Waals surface area contributed by atoms with Crippen LogP contribution in [0.25, 0.3) is 11.0 Å². The molecule has 1 aromatic heterocycles. The second-order valence-corrected chi connectivity index (χ2v) is 13.4. The lowest BCUT2D eigenvalue weighted by atomic mass is 9.39. The topological polar surface area (TPSA) is 68.0 Å². The molecule has 0 spiro atoms. The minimum absolute atomic E-state index is 0.0136. The summed E-state index contributed by atoms with van der Waals surface area (Å²) >= 11 is 0. The third-order valence-electron chi connectivity index (χ3n) is 11.9. The SMILES string of the molecule is CC12CC[C@@H]3[C@H](CC[C@]4(C)[C@@H](C(=O)Cn5nnc6ccc(F)cc65)CC[C@@H]34)C1(C)CC[C@](O)(CF)C2. The monoisotopic (exact) mass is 499 g/mol. The van der Waals surface area contributed by atoms with Gasteiger partial charge in [-0.15, -0.1) is 5.10 Å². The Morgan fingerprint density at radius 3 is 2.67 bits per heavy atom. The number of aromatic nitrogens is 3. The fraction of sp³-hybridized carbons (Fsp3) is 0.759. The van der Waals surface area contributed by atoms with E-state index in [1.165, 1.54) is 12.1 Å². The van der Waals surface area contributed by atoms with Crippen LogP contribution in [0.15, 0.2) is 18.2 Å². The number of carbonyl (C=O) groups excluding carboxylic acids is 1. The molecule has 0 aliphatic heterocycles. The van der Waals surface area contributed by atoms with Crippen LogP contribution in [0.3, 0.4) is 0 Å². The number of Topliss-reactive ketones (excluding diaryl/α,β-unsaturated/α-hetero) is 1. The van der Waals surface area contributed by atoms with Gasteiger partial charge in [0.2, 0.25) is 0 Å². The molecule has 1 aromatic carbocycles. The predicted molar refractivity (Wildman–Crippen MR) is 133 cm³/mol. The first kappa shape index (κ1) is 24.4. The Balaban J connectivity index is 1.23. The van der Waals surface area contributed by atoms with E-state index in [4.69, 9.17) is 0 Å². The lowest BCUT2D eigenvalue weighted by Gasteiger charge is -2.66. The molecule has 6 rings (SSSR count). The first-order valence-electron chi connectivity index (χ1n) is 13.8. The van der Waals surface area contributed by atoms with E-state index < -0.39 is 12.3 Å². The van der Waals surface area contributed by atoms with E-state index in [0.29, 0.717) is 41.6 Å². The summed E-state index contributed by atoms with van der Waals surface area (Å²) in [6.45, 7) is 6.53. The van der Waals surface area contributed by atoms with Crippen molar-refractivity contribution in [1.82, 2.24) is 15.0 Å². The molecule has 7 heteroatoms. The first-order valence-corrected chi connectivity index (χ1v) is 13.8. The fourth-order valence-corrected chi connectivity index (χ4v) is 9.74. The van der Waals surface area contributed by atoms with Crippen molar-refractivity contribution in [2.45, 2.75) is 90.7 Å². The molecule has 0 radical (unpaired) electrons. The Hall–Kier alpha value is -1.89. The maximum absolute atomic E-state index is 13.8. The lowest BCUT2D eigenvalue weighted by molar-refractivity contribution is -0.196. The average Bonchev–Trinajstić information content (AvgIpc) is 3.40. The summed E-state index contributed by atoms with van der Waals surface area (Å²) in [5.41, 5.74) is 0.0348. The third-order valence-corrected chi connectivity index (χ3v) is 11.9. The molecule has 8 atom stereocenters. The third kappa shape index (κ3) is 3.36. The predicted octanol–water partition coefficient (Wildman–Crippen LogP) is 5.89. The van der Waals surface area contributed by atoms with Crippen LogP contribution in [-0.2, 0) is 11.3 Å². The highest BCUT2D eigenvalue weighted by atomic mass is 19.1. The quantitative estimate of drug-likeness (QED) is 0.570. The van der Waals surface area contributed by atoms with E-state index >= 15 is 0 Å². The van der Waals surface area contributed by atoms with Crippen molar-refractivity contribution < 1.29 is 18.7 Å². The van der Waals surface area contributed by atoms with Crippen molar-refractivity contribution in [3.63, 3.8) is 0 Å². The largest absolute Gasteiger partial charge is 0.387 e. The number of fused-ring (bicyclic) bond motifs is 6. The molecular formula is C29H39F2N3O2. The molecule has 0 bridgehead atoms. The van der Waals surface area contributed by atoms with Crippen LogP contribution in [0.1, 0.15) is 78.6 Å². The van der Waals surface area contributed by atoms with Gasteiger partial charge in [0.05, 0.1) is 11.1 Å². The van der Waals surface area contributed by atoms with Crippen molar-refractivity contribution >= 4 is 16.8 Å². The highest BCUT2D eigenvalue weighted by molar-refractivity contribution is 5.84. The van der Waals surface area contributed by atoms with Crippen molar-refractivity contribution in [3.05, 3.63) is 24.0 Å². The van der Waals surface area contributed by atoms with Crippen LogP contribution in [0, 0.1) is 45.7 Å². The average molecular weight is 500 g/mol. The zero-order valence-corrected chi connectivity index (χ0v) is 21.8. The number of rotatable bonds is 4. The Kier molecular flexibility index (Phi) is 5.47. The van der Waals surface area contributed by atoms with Crippen LogP contribution in [0.4, 0.5) is 8.78 Å². The van der Waals surface area contributed by atoms with E-state index in [0.717, 1.165) is 44.9 Å². The summed E-state index contributed by atoms with van der Waals surface area (Å²) in [5, 5.41) is 19.1. The van der Waals surface area contributed by atoms with E-state index in [1.54, 1.807) is 10.7 Å². The van der Waals surface area contributed by atoms with Crippen LogP contribution < -0.4 is 0 Å². The standard InChI is InChI=1S/C29H39F2N3O2/c1-26-10-8-19-20-5-6-22(25(35)15-34-24-14-18(31)4-7-23(24)32-33-34)27(20,2)11-9-21(19)28(26,3)12-13-29(36,16-26)17-30/h4,7,14,19-22,36H,5-6,8-13,15-17H2,1-3H3/t19-,20-,21-,22+,26?,27-,28?,29+/m0/s1. The Bertz CT molecular complexity index is 1200. The number of alkyl halides is 1. The molecule has 1 heterocycles. The molecule has 0 saturated heterocycles. The number of nitrogens with zero attached hydrogens (tertiary/aromatic N) is 3. The Morgan fingerprint density at radius 1 is 1.08 bits per heavy atom. The summed E-state index contributed by atoms with van der Waals surface area (Å²) in [5.74, 6) is 1.48. The van der Waals surface area contributed by atoms with Gasteiger partial charge in [-0.3, -0.25) is 4.79 Å². The zero-order valence-electron chi connectivity index (χ0n) is 21.8. The number of halogens is 2. The molecule has 2 unspecified atom stereocenters. The molecule has 2 aromatic rings. The summed E-state index contributed by atoms with van der Waals surface area (Å²) < 4.78 is 29.1. The fourth-order valence-electron chi connectivity index (χ4n) is 9.74. The van der Waals surface area contributed by atoms with Crippen molar-refractivity contribution in [2.24, 2.45) is 39.9 Å². The van der Waals surface area contributed by atoms with Crippen LogP contribution in [-0.4, -0.2) is 38.2 Å². The smallest absolute Gasteiger partial charge is 0.157 e. The molecule has 0 amide bonds. The van der Waals surface area contributed by atoms with Crippen molar-refractivity contribution in [1.29, 1.82) is 0 Å². The summed E-state index contributed by atoms with van der Waals surface area (Å²) in [4.78, 5) is 13.7. The molecule has 196 valence electrons. The van der Waals surface area contributed by atoms with Gasteiger partial charge in [-0.25, -0.2) is 13.5 Å². The van der Waals surface area contributed by atoms with Gasteiger partial charge in [-0.05, 0) is 104 Å². The number of hydrogen-bond acceptors (Lipinski definition) is 4. The lowest BCUT2D eigenvalue weighted by Crippen LogP contribution is -2.60.